The summed E-state index contributed by atoms with van der Waals surface area (Å²) in [5.41, 5.74) is -2.88. The Labute approximate surface area is 160 Å². The number of Topliss-reactive ketones (excluding diaryl/α,β-unsaturated/α-hetero) is 1. The molecule has 9 heteroatoms. The minimum absolute atomic E-state index is 0.104. The Morgan fingerprint density at radius 2 is 1.82 bits per heavy atom. The summed E-state index contributed by atoms with van der Waals surface area (Å²) >= 11 is 0. The molecular formula is C19H21F3N2O4. The third-order valence-electron chi connectivity index (χ3n) is 5.09. The first-order valence-electron chi connectivity index (χ1n) is 8.80. The van der Waals surface area contributed by atoms with Crippen molar-refractivity contribution in [2.75, 3.05) is 33.4 Å². The van der Waals surface area contributed by atoms with E-state index >= 15 is 0 Å². The lowest BCUT2D eigenvalue weighted by molar-refractivity contribution is -0.205. The summed E-state index contributed by atoms with van der Waals surface area (Å²) in [5, 5.41) is 2.08. The second-order valence-electron chi connectivity index (χ2n) is 6.74. The van der Waals surface area contributed by atoms with Gasteiger partial charge in [0.25, 0.3) is 5.91 Å². The van der Waals surface area contributed by atoms with Crippen LogP contribution in [0.3, 0.4) is 0 Å². The highest BCUT2D eigenvalue weighted by molar-refractivity contribution is 6.19. The number of hydrogen-bond donors (Lipinski definition) is 1. The number of nitrogens with zero attached hydrogens (tertiary/aromatic N) is 1. The molecule has 0 aromatic heterocycles. The van der Waals surface area contributed by atoms with Gasteiger partial charge in [-0.2, -0.15) is 13.2 Å². The Morgan fingerprint density at radius 3 is 2.32 bits per heavy atom. The summed E-state index contributed by atoms with van der Waals surface area (Å²) in [7, 11) is 1.41. The van der Waals surface area contributed by atoms with E-state index in [-0.39, 0.29) is 16.8 Å². The van der Waals surface area contributed by atoms with E-state index in [0.29, 0.717) is 32.1 Å². The number of halogens is 3. The molecule has 1 N–H and O–H groups in total. The molecular weight excluding hydrogens is 377 g/mol. The molecule has 2 aliphatic rings. The maximum atomic E-state index is 14.3. The summed E-state index contributed by atoms with van der Waals surface area (Å²) < 4.78 is 53.2. The van der Waals surface area contributed by atoms with Gasteiger partial charge in [-0.15, -0.1) is 0 Å². The first kappa shape index (κ1) is 20.2. The number of rotatable bonds is 4. The van der Waals surface area contributed by atoms with E-state index in [1.807, 2.05) is 0 Å². The van der Waals surface area contributed by atoms with E-state index < -0.39 is 29.8 Å². The van der Waals surface area contributed by atoms with Crippen LogP contribution < -0.4 is 10.1 Å². The molecule has 1 saturated heterocycles. The van der Waals surface area contributed by atoms with Gasteiger partial charge in [0.05, 0.1) is 20.3 Å². The molecule has 6 nitrogen and oxygen atoms in total. The molecule has 2 aliphatic heterocycles. The minimum Gasteiger partial charge on any atom is -0.497 e. The van der Waals surface area contributed by atoms with E-state index in [4.69, 9.17) is 9.47 Å². The number of carbonyl (C=O) groups excluding carboxylic acids is 2. The Balaban J connectivity index is 2.14. The van der Waals surface area contributed by atoms with Crippen LogP contribution in [0.1, 0.15) is 18.9 Å². The Hall–Kier alpha value is -2.55. The van der Waals surface area contributed by atoms with Gasteiger partial charge < -0.3 is 19.7 Å². The van der Waals surface area contributed by atoms with E-state index in [0.717, 1.165) is 0 Å². The van der Waals surface area contributed by atoms with Crippen molar-refractivity contribution in [3.63, 3.8) is 0 Å². The third-order valence-corrected chi connectivity index (χ3v) is 5.09. The van der Waals surface area contributed by atoms with Crippen molar-refractivity contribution in [1.29, 1.82) is 0 Å². The van der Waals surface area contributed by atoms with E-state index in [1.165, 1.54) is 38.3 Å². The zero-order chi connectivity index (χ0) is 20.5. The van der Waals surface area contributed by atoms with Crippen LogP contribution in [0.5, 0.6) is 5.75 Å². The van der Waals surface area contributed by atoms with E-state index in [9.17, 15) is 22.8 Å². The minimum atomic E-state index is -4.78. The quantitative estimate of drug-likeness (QED) is 0.788. The Bertz CT molecular complexity index is 798. The largest absolute Gasteiger partial charge is 0.497 e. The van der Waals surface area contributed by atoms with Crippen LogP contribution in [-0.4, -0.2) is 56.2 Å². The van der Waals surface area contributed by atoms with Gasteiger partial charge in [0.1, 0.15) is 11.3 Å². The lowest BCUT2D eigenvalue weighted by Crippen LogP contribution is -2.61. The number of hydrogen-bond acceptors (Lipinski definition) is 5. The number of methoxy groups -OCH3 is 1. The molecule has 1 amide bonds. The molecule has 1 atom stereocenters. The molecule has 152 valence electrons. The van der Waals surface area contributed by atoms with Crippen molar-refractivity contribution in [2.24, 2.45) is 0 Å². The van der Waals surface area contributed by atoms with Gasteiger partial charge in [-0.05, 0) is 24.6 Å². The van der Waals surface area contributed by atoms with Gasteiger partial charge >= 0.3 is 6.18 Å². The molecule has 0 spiro atoms. The van der Waals surface area contributed by atoms with Crippen LogP contribution >= 0.6 is 0 Å². The van der Waals surface area contributed by atoms with Crippen LogP contribution in [0.15, 0.2) is 35.5 Å². The number of benzene rings is 1. The lowest BCUT2D eigenvalue weighted by atomic mass is 9.79. The fourth-order valence-electron chi connectivity index (χ4n) is 3.62. The highest BCUT2D eigenvalue weighted by atomic mass is 19.4. The molecule has 1 aromatic carbocycles. The smallest absolute Gasteiger partial charge is 0.416 e. The number of carbonyl (C=O) groups is 2. The molecule has 2 heterocycles. The van der Waals surface area contributed by atoms with Gasteiger partial charge in [0.2, 0.25) is 0 Å². The number of ether oxygens (including phenoxy) is 2. The summed E-state index contributed by atoms with van der Waals surface area (Å²) in [6, 6.07) is 5.38. The van der Waals surface area contributed by atoms with Gasteiger partial charge in [-0.1, -0.05) is 12.1 Å². The van der Waals surface area contributed by atoms with Crippen molar-refractivity contribution < 1.29 is 32.2 Å². The SMILES string of the molecule is COc1ccc(C2(C(F)(F)F)CC(N3CCOCC3)=C(C(C)=O)C(=O)N2)cc1. The van der Waals surface area contributed by atoms with Crippen molar-refractivity contribution in [3.8, 4) is 5.75 Å². The molecule has 3 rings (SSSR count). The topological polar surface area (TPSA) is 67.9 Å². The summed E-state index contributed by atoms with van der Waals surface area (Å²) in [5.74, 6) is -1.19. The molecule has 0 radical (unpaired) electrons. The monoisotopic (exact) mass is 398 g/mol. The zero-order valence-electron chi connectivity index (χ0n) is 15.6. The first-order chi connectivity index (χ1) is 13.2. The van der Waals surface area contributed by atoms with Gasteiger partial charge in [0, 0.05) is 25.2 Å². The third kappa shape index (κ3) is 3.46. The summed E-state index contributed by atoms with van der Waals surface area (Å²) in [6.07, 6.45) is -5.35. The molecule has 1 fully saturated rings. The number of ketones is 1. The van der Waals surface area contributed by atoms with Crippen LogP contribution in [0.25, 0.3) is 0 Å². The molecule has 0 saturated carbocycles. The highest BCUT2D eigenvalue weighted by Gasteiger charge is 2.60. The van der Waals surface area contributed by atoms with Crippen LogP contribution in [0.2, 0.25) is 0 Å². The number of nitrogens with one attached hydrogen (secondary N) is 1. The van der Waals surface area contributed by atoms with Gasteiger partial charge in [-0.3, -0.25) is 9.59 Å². The standard InChI is InChI=1S/C19H21F3N2O4/c1-12(25)16-15(24-7-9-28-10-8-24)11-18(19(20,21)22,23-17(16)26)13-3-5-14(27-2)6-4-13/h3-6H,7-11H2,1-2H3,(H,23,26). The maximum absolute atomic E-state index is 14.3. The summed E-state index contributed by atoms with van der Waals surface area (Å²) in [6.45, 7) is 2.45. The Kier molecular flexibility index (Phi) is 5.38. The van der Waals surface area contributed by atoms with Crippen molar-refractivity contribution >= 4 is 11.7 Å². The molecule has 0 aliphatic carbocycles. The number of amides is 1. The predicted molar refractivity (Wildman–Crippen MR) is 93.6 cm³/mol. The number of alkyl halides is 3. The van der Waals surface area contributed by atoms with Crippen molar-refractivity contribution in [2.45, 2.75) is 25.1 Å². The lowest BCUT2D eigenvalue weighted by Gasteiger charge is -2.44. The van der Waals surface area contributed by atoms with Gasteiger partial charge in [0.15, 0.2) is 11.3 Å². The van der Waals surface area contributed by atoms with Crippen LogP contribution in [0, 0.1) is 0 Å². The predicted octanol–water partition coefficient (Wildman–Crippen LogP) is 2.15. The van der Waals surface area contributed by atoms with Crippen molar-refractivity contribution in [1.82, 2.24) is 10.2 Å². The molecule has 28 heavy (non-hydrogen) atoms. The summed E-state index contributed by atoms with van der Waals surface area (Å²) in [4.78, 5) is 26.4. The second kappa shape index (κ2) is 7.46. The number of morpholine rings is 1. The Morgan fingerprint density at radius 1 is 1.21 bits per heavy atom. The average Bonchev–Trinajstić information content (AvgIpc) is 2.66. The van der Waals surface area contributed by atoms with E-state index in [1.54, 1.807) is 4.90 Å². The first-order valence-corrected chi connectivity index (χ1v) is 8.80. The molecule has 0 bridgehead atoms. The van der Waals surface area contributed by atoms with Gasteiger partial charge in [-0.25, -0.2) is 0 Å². The van der Waals surface area contributed by atoms with E-state index in [2.05, 4.69) is 5.32 Å². The zero-order valence-corrected chi connectivity index (χ0v) is 15.6. The normalized spacial score (nSPS) is 23.5. The highest BCUT2D eigenvalue weighted by Crippen LogP contribution is 2.47. The van der Waals surface area contributed by atoms with Crippen LogP contribution in [0.4, 0.5) is 13.2 Å². The second-order valence-corrected chi connectivity index (χ2v) is 6.74. The average molecular weight is 398 g/mol. The van der Waals surface area contributed by atoms with Crippen LogP contribution in [-0.2, 0) is 19.9 Å². The fraction of sp³-hybridized carbons (Fsp3) is 0.474. The maximum Gasteiger partial charge on any atom is 0.416 e. The van der Waals surface area contributed by atoms with Crippen molar-refractivity contribution in [3.05, 3.63) is 41.1 Å². The molecule has 1 aromatic rings. The molecule has 1 unspecified atom stereocenters. The fourth-order valence-corrected chi connectivity index (χ4v) is 3.62.